The van der Waals surface area contributed by atoms with Crippen LogP contribution in [0.4, 0.5) is 0 Å². The van der Waals surface area contributed by atoms with Gasteiger partial charge in [0.25, 0.3) is 5.09 Å². The van der Waals surface area contributed by atoms with Crippen molar-refractivity contribution in [1.29, 1.82) is 0 Å². The highest BCUT2D eigenvalue weighted by Crippen LogP contribution is 2.04. The minimum Gasteiger partial charge on any atom is -0.412 e. The highest BCUT2D eigenvalue weighted by Gasteiger charge is 1.75. The molecule has 0 aliphatic rings. The van der Waals surface area contributed by atoms with Gasteiger partial charge >= 0.3 is 0 Å². The van der Waals surface area contributed by atoms with Crippen LogP contribution in [0, 0.1) is 20.2 Å². The van der Waals surface area contributed by atoms with Crippen molar-refractivity contribution in [2.75, 3.05) is 7.05 Å². The van der Waals surface area contributed by atoms with Gasteiger partial charge in [-0.1, -0.05) is 59.6 Å². The smallest absolute Gasteiger partial charge is 0.291 e. The van der Waals surface area contributed by atoms with Crippen LogP contribution >= 0.6 is 23.2 Å². The minimum atomic E-state index is -1.50. The van der Waals surface area contributed by atoms with Crippen molar-refractivity contribution in [2.45, 2.75) is 0 Å². The van der Waals surface area contributed by atoms with Crippen LogP contribution in [0.2, 0.25) is 10.0 Å². The average molecular weight is 367 g/mol. The van der Waals surface area contributed by atoms with E-state index in [4.69, 9.17) is 48.6 Å². The monoisotopic (exact) mass is 366 g/mol. The maximum atomic E-state index is 8.81. The molecule has 0 radical (unpaired) electrons. The molecule has 2 aromatic rings. The van der Waals surface area contributed by atoms with E-state index < -0.39 is 10.0 Å². The lowest BCUT2D eigenvalue weighted by atomic mass is 10.4. The maximum Gasteiger partial charge on any atom is 0.291 e. The molecular weight excluding hydrogens is 351 g/mol. The highest BCUT2D eigenvalue weighted by molar-refractivity contribution is 6.30. The molecule has 8 nitrogen and oxygen atoms in total. The van der Waals surface area contributed by atoms with Crippen molar-refractivity contribution in [2.24, 2.45) is 0 Å². The molecule has 0 saturated heterocycles. The lowest BCUT2D eigenvalue weighted by Gasteiger charge is -1.80. The Morgan fingerprint density at radius 3 is 1.09 bits per heavy atom. The largest absolute Gasteiger partial charge is 0.412 e. The van der Waals surface area contributed by atoms with Crippen LogP contribution in [0.25, 0.3) is 0 Å². The van der Waals surface area contributed by atoms with Gasteiger partial charge in [-0.3, -0.25) is 10.1 Å². The first-order valence-electron chi connectivity index (χ1n) is 5.58. The molecule has 0 amide bonds. The first kappa shape index (κ1) is 25.5. The fraction of sp³-hybridized carbons (Fsp3) is 0.0769. The summed E-state index contributed by atoms with van der Waals surface area (Å²) < 4.78 is 0. The Bertz CT molecular complexity index is 471. The van der Waals surface area contributed by atoms with Gasteiger partial charge in [0.05, 0.1) is 0 Å². The average Bonchev–Trinajstić information content (AvgIpc) is 2.40. The number of benzene rings is 2. The Morgan fingerprint density at radius 2 is 1.00 bits per heavy atom. The van der Waals surface area contributed by atoms with Crippen LogP contribution in [0.5, 0.6) is 0 Å². The Morgan fingerprint density at radius 1 is 0.826 bits per heavy atom. The van der Waals surface area contributed by atoms with Crippen molar-refractivity contribution in [3.05, 3.63) is 90.9 Å². The van der Waals surface area contributed by atoms with Gasteiger partial charge in [-0.25, -0.2) is 0 Å². The predicted octanol–water partition coefficient (Wildman–Crippen LogP) is 3.40. The lowest BCUT2D eigenvalue weighted by molar-refractivity contribution is -0.742. The van der Waals surface area contributed by atoms with Crippen LogP contribution in [-0.2, 0) is 0 Å². The van der Waals surface area contributed by atoms with E-state index in [-0.39, 0.29) is 5.48 Å². The van der Waals surface area contributed by atoms with Crippen LogP contribution in [0.15, 0.2) is 60.7 Å². The Hall–Kier alpha value is -2.42. The summed E-state index contributed by atoms with van der Waals surface area (Å²) >= 11 is 11.1. The maximum absolute atomic E-state index is 8.81. The van der Waals surface area contributed by atoms with Gasteiger partial charge in [0.2, 0.25) is 0 Å². The third-order valence-corrected chi connectivity index (χ3v) is 1.97. The lowest BCUT2D eigenvalue weighted by Crippen LogP contribution is -1.81. The quantitative estimate of drug-likeness (QED) is 0.562. The van der Waals surface area contributed by atoms with Crippen molar-refractivity contribution >= 4 is 23.2 Å². The van der Waals surface area contributed by atoms with Crippen LogP contribution < -0.4 is 0 Å². The fourth-order valence-corrected chi connectivity index (χ4v) is 1.12. The van der Waals surface area contributed by atoms with Crippen molar-refractivity contribution in [1.82, 2.24) is 0 Å². The molecule has 2 aromatic carbocycles. The molecule has 0 aliphatic carbocycles. The zero-order chi connectivity index (χ0) is 17.4. The van der Waals surface area contributed by atoms with Gasteiger partial charge in [-0.15, -0.1) is 10.1 Å². The molecule has 23 heavy (non-hydrogen) atoms. The molecule has 128 valence electrons. The molecule has 0 aliphatic heterocycles. The minimum absolute atomic E-state index is 0. The molecule has 10 heteroatoms. The molecule has 0 unspecified atom stereocenters. The highest BCUT2D eigenvalue weighted by atomic mass is 35.5. The van der Waals surface area contributed by atoms with Crippen molar-refractivity contribution < 1.29 is 20.7 Å². The molecule has 0 heterocycles. The molecule has 0 aromatic heterocycles. The van der Waals surface area contributed by atoms with E-state index in [1.165, 1.54) is 0 Å². The van der Waals surface area contributed by atoms with Gasteiger partial charge < -0.3 is 10.7 Å². The van der Waals surface area contributed by atoms with E-state index in [9.17, 15) is 0 Å². The van der Waals surface area contributed by atoms with E-state index in [0.717, 1.165) is 17.1 Å². The molecule has 2 rings (SSSR count). The summed E-state index contributed by atoms with van der Waals surface area (Å²) in [6.07, 6.45) is 0. The van der Waals surface area contributed by atoms with Crippen molar-refractivity contribution in [3.8, 4) is 0 Å². The zero-order valence-electron chi connectivity index (χ0n) is 12.0. The first-order chi connectivity index (χ1) is 10.3. The number of hydrogen-bond acceptors (Lipinski definition) is 4. The molecule has 0 atom stereocenters. The summed E-state index contributed by atoms with van der Waals surface area (Å²) in [5, 5.41) is 24.0. The number of hydrogen-bond donors (Lipinski definition) is 1. The Balaban J connectivity index is -0.000000238. The standard InChI is InChI=1S/2C6H5Cl.CH3NO2.HNO3.H2O/c2*7-6-4-2-1-3-5-6;1-2(3)4;2-1(3)4;/h2*1-5H;1H3;(H,2,3,4);1H2. The van der Waals surface area contributed by atoms with Crippen LogP contribution in [-0.4, -0.2) is 27.7 Å². The summed E-state index contributed by atoms with van der Waals surface area (Å²) in [7, 11) is 0.889. The van der Waals surface area contributed by atoms with Gasteiger partial charge in [0.1, 0.15) is 0 Å². The van der Waals surface area contributed by atoms with Crippen LogP contribution in [0.1, 0.15) is 0 Å². The Labute approximate surface area is 142 Å². The fourth-order valence-electron chi connectivity index (χ4n) is 0.829. The summed E-state index contributed by atoms with van der Waals surface area (Å²) in [6, 6.07) is 18.9. The SMILES string of the molecule is C[N+](=O)[O-].Clc1ccccc1.Clc1ccccc1.O.O=[N+]([O-])O. The predicted molar refractivity (Wildman–Crippen MR) is 88.2 cm³/mol. The Kier molecular flexibility index (Phi) is 19.6. The van der Waals surface area contributed by atoms with E-state index in [1.807, 2.05) is 60.7 Å². The molecule has 0 bridgehead atoms. The summed E-state index contributed by atoms with van der Waals surface area (Å²) in [5.41, 5.74) is 0. The molecule has 3 N–H and O–H groups in total. The molecule has 0 fully saturated rings. The number of halogens is 2. The third kappa shape index (κ3) is 32.8. The van der Waals surface area contributed by atoms with Gasteiger partial charge in [0.15, 0.2) is 7.05 Å². The zero-order valence-corrected chi connectivity index (χ0v) is 13.5. The molecular formula is C13H16Cl2N2O6. The first-order valence-corrected chi connectivity index (χ1v) is 6.33. The second kappa shape index (κ2) is 17.6. The number of nitrogens with zero attached hydrogens (tertiary/aromatic N) is 2. The second-order valence-electron chi connectivity index (χ2n) is 3.27. The summed E-state index contributed by atoms with van der Waals surface area (Å²) in [6.45, 7) is 0. The van der Waals surface area contributed by atoms with E-state index >= 15 is 0 Å². The second-order valence-corrected chi connectivity index (χ2v) is 4.14. The van der Waals surface area contributed by atoms with E-state index in [0.29, 0.717) is 0 Å². The van der Waals surface area contributed by atoms with Crippen LogP contribution in [0.3, 0.4) is 0 Å². The summed E-state index contributed by atoms with van der Waals surface area (Å²) in [5.74, 6) is 0. The molecule has 0 spiro atoms. The summed E-state index contributed by atoms with van der Waals surface area (Å²) in [4.78, 5) is 16.7. The van der Waals surface area contributed by atoms with Gasteiger partial charge in [-0.05, 0) is 24.3 Å². The number of rotatable bonds is 0. The normalized spacial score (nSPS) is 7.43. The van der Waals surface area contributed by atoms with E-state index in [1.54, 1.807) is 0 Å². The third-order valence-electron chi connectivity index (χ3n) is 1.47. The number of nitro groups is 1. The topological polar surface area (TPSA) is 138 Å². The molecule has 0 saturated carbocycles. The van der Waals surface area contributed by atoms with Crippen molar-refractivity contribution in [3.63, 3.8) is 0 Å². The van der Waals surface area contributed by atoms with E-state index in [2.05, 4.69) is 0 Å². The van der Waals surface area contributed by atoms with Gasteiger partial charge in [-0.2, -0.15) is 0 Å². The van der Waals surface area contributed by atoms with Gasteiger partial charge in [0, 0.05) is 15.0 Å².